The third-order valence-electron chi connectivity index (χ3n) is 3.86. The van der Waals surface area contributed by atoms with Gasteiger partial charge >= 0.3 is 0 Å². The molecule has 23 heavy (non-hydrogen) atoms. The number of hydrogen-bond donors (Lipinski definition) is 0. The van der Waals surface area contributed by atoms with Crippen LogP contribution in [0, 0.1) is 5.21 Å². The minimum absolute atomic E-state index is 0.288. The molecule has 0 saturated carbocycles. The number of rotatable bonds is 9. The molecule has 1 aromatic heterocycles. The van der Waals surface area contributed by atoms with Crippen molar-refractivity contribution in [2.45, 2.75) is 55.7 Å². The molecule has 0 bridgehead atoms. The van der Waals surface area contributed by atoms with Crippen molar-refractivity contribution >= 4 is 23.4 Å². The van der Waals surface area contributed by atoms with Crippen LogP contribution < -0.4 is 4.73 Å². The fourth-order valence-corrected chi connectivity index (χ4v) is 3.87. The Kier molecular flexibility index (Phi) is 7.77. The van der Waals surface area contributed by atoms with Crippen molar-refractivity contribution in [3.05, 3.63) is 64.5 Å². The molecule has 0 spiro atoms. The van der Waals surface area contributed by atoms with Crippen LogP contribution in [0.1, 0.15) is 56.3 Å². The first kappa shape index (κ1) is 18.2. The Morgan fingerprint density at radius 1 is 1.04 bits per heavy atom. The highest BCUT2D eigenvalue weighted by molar-refractivity contribution is 7.99. The van der Waals surface area contributed by atoms with Gasteiger partial charge in [0.15, 0.2) is 6.20 Å². The molecule has 0 radical (unpaired) electrons. The van der Waals surface area contributed by atoms with Crippen LogP contribution in [-0.4, -0.2) is 0 Å². The van der Waals surface area contributed by atoms with Gasteiger partial charge in [-0.15, -0.1) is 0 Å². The van der Waals surface area contributed by atoms with E-state index in [1.54, 1.807) is 24.0 Å². The summed E-state index contributed by atoms with van der Waals surface area (Å²) in [7, 11) is 0. The van der Waals surface area contributed by atoms with E-state index >= 15 is 0 Å². The lowest BCUT2D eigenvalue weighted by Gasteiger charge is -2.16. The first-order valence-electron chi connectivity index (χ1n) is 8.31. The number of pyridine rings is 1. The normalized spacial score (nSPS) is 12.3. The van der Waals surface area contributed by atoms with Crippen LogP contribution in [0.3, 0.4) is 0 Å². The zero-order valence-electron chi connectivity index (χ0n) is 13.6. The highest BCUT2D eigenvalue weighted by Gasteiger charge is 2.17. The molecule has 0 N–H and O–H groups in total. The lowest BCUT2D eigenvalue weighted by Crippen LogP contribution is -2.28. The molecule has 1 unspecified atom stereocenters. The maximum Gasteiger partial charge on any atom is 0.251 e. The first-order chi connectivity index (χ1) is 11.2. The van der Waals surface area contributed by atoms with Crippen LogP contribution in [0.5, 0.6) is 0 Å². The van der Waals surface area contributed by atoms with E-state index in [-0.39, 0.29) is 5.25 Å². The Labute approximate surface area is 148 Å². The predicted octanol–water partition coefficient (Wildman–Crippen LogP) is 6.17. The second-order valence-electron chi connectivity index (χ2n) is 5.73. The van der Waals surface area contributed by atoms with E-state index in [0.717, 1.165) is 21.2 Å². The van der Waals surface area contributed by atoms with Crippen molar-refractivity contribution < 1.29 is 4.73 Å². The predicted molar refractivity (Wildman–Crippen MR) is 98.8 cm³/mol. The van der Waals surface area contributed by atoms with Crippen molar-refractivity contribution in [3.63, 3.8) is 0 Å². The third kappa shape index (κ3) is 6.08. The second-order valence-corrected chi connectivity index (χ2v) is 7.39. The van der Waals surface area contributed by atoms with Crippen molar-refractivity contribution in [2.24, 2.45) is 0 Å². The van der Waals surface area contributed by atoms with Crippen molar-refractivity contribution in [1.29, 1.82) is 0 Å². The van der Waals surface area contributed by atoms with Crippen LogP contribution in [0.4, 0.5) is 0 Å². The summed E-state index contributed by atoms with van der Waals surface area (Å²) in [4.78, 5) is 0. The Balaban J connectivity index is 2.04. The molecule has 0 fully saturated rings. The third-order valence-corrected chi connectivity index (χ3v) is 5.47. The lowest BCUT2D eigenvalue weighted by molar-refractivity contribution is -0.645. The molecule has 0 aliphatic rings. The van der Waals surface area contributed by atoms with E-state index in [9.17, 15) is 5.21 Å². The summed E-state index contributed by atoms with van der Waals surface area (Å²) < 4.78 is 0.949. The minimum atomic E-state index is 0.288. The maximum absolute atomic E-state index is 11.9. The topological polar surface area (TPSA) is 26.9 Å². The number of hydrogen-bond acceptors (Lipinski definition) is 2. The van der Waals surface area contributed by atoms with Gasteiger partial charge in [0.1, 0.15) is 0 Å². The monoisotopic (exact) mass is 349 g/mol. The summed E-state index contributed by atoms with van der Waals surface area (Å²) in [6, 6.07) is 13.6. The Morgan fingerprint density at radius 3 is 2.48 bits per heavy atom. The number of nitrogens with zero attached hydrogens (tertiary/aromatic N) is 1. The quantitative estimate of drug-likeness (QED) is 0.234. The van der Waals surface area contributed by atoms with E-state index < -0.39 is 0 Å². The molecule has 2 aromatic rings. The Morgan fingerprint density at radius 2 is 1.78 bits per heavy atom. The average molecular weight is 350 g/mol. The van der Waals surface area contributed by atoms with Crippen LogP contribution in [0.2, 0.25) is 5.02 Å². The molecule has 2 rings (SSSR count). The highest BCUT2D eigenvalue weighted by atomic mass is 35.5. The number of aromatic nitrogens is 1. The van der Waals surface area contributed by atoms with E-state index in [2.05, 4.69) is 19.1 Å². The van der Waals surface area contributed by atoms with Gasteiger partial charge in [-0.25, -0.2) is 0 Å². The van der Waals surface area contributed by atoms with Gasteiger partial charge in [-0.3, -0.25) is 0 Å². The van der Waals surface area contributed by atoms with Gasteiger partial charge in [-0.05, 0) is 41.9 Å². The molecule has 0 amide bonds. The van der Waals surface area contributed by atoms with E-state index in [0.29, 0.717) is 0 Å². The Bertz CT molecular complexity index is 588. The molecule has 1 heterocycles. The number of benzene rings is 1. The molecule has 1 atom stereocenters. The summed E-state index contributed by atoms with van der Waals surface area (Å²) in [5.74, 6) is 0. The molecule has 2 nitrogen and oxygen atoms in total. The van der Waals surface area contributed by atoms with E-state index in [1.165, 1.54) is 37.7 Å². The molecule has 0 aliphatic heterocycles. The lowest BCUT2D eigenvalue weighted by atomic mass is 10.0. The van der Waals surface area contributed by atoms with Crippen molar-refractivity contribution in [1.82, 2.24) is 0 Å². The SMILES string of the molecule is CCCCCCCC(Sc1cccc[n+]1[O-])c1ccc(Cl)cc1. The van der Waals surface area contributed by atoms with Gasteiger partial charge in [0.05, 0.1) is 0 Å². The van der Waals surface area contributed by atoms with Gasteiger partial charge in [0.2, 0.25) is 0 Å². The molecular weight excluding hydrogens is 326 g/mol. The number of unbranched alkanes of at least 4 members (excludes halogenated alkanes) is 4. The fourth-order valence-electron chi connectivity index (χ4n) is 2.55. The van der Waals surface area contributed by atoms with Crippen molar-refractivity contribution in [2.75, 3.05) is 0 Å². The molecule has 4 heteroatoms. The summed E-state index contributed by atoms with van der Waals surface area (Å²) >= 11 is 7.65. The van der Waals surface area contributed by atoms with Crippen LogP contribution >= 0.6 is 23.4 Å². The summed E-state index contributed by atoms with van der Waals surface area (Å²) in [5, 5.41) is 13.7. The van der Waals surface area contributed by atoms with E-state index in [1.807, 2.05) is 24.3 Å². The van der Waals surface area contributed by atoms with Gasteiger partial charge in [0, 0.05) is 22.4 Å². The first-order valence-corrected chi connectivity index (χ1v) is 9.56. The minimum Gasteiger partial charge on any atom is -0.618 e. The van der Waals surface area contributed by atoms with Gasteiger partial charge < -0.3 is 5.21 Å². The largest absolute Gasteiger partial charge is 0.618 e. The second kappa shape index (κ2) is 9.84. The van der Waals surface area contributed by atoms with Crippen LogP contribution in [-0.2, 0) is 0 Å². The van der Waals surface area contributed by atoms with Gasteiger partial charge in [-0.1, -0.05) is 62.8 Å². The number of thioether (sulfide) groups is 1. The molecule has 0 saturated heterocycles. The Hall–Kier alpha value is -1.19. The average Bonchev–Trinajstić information content (AvgIpc) is 2.56. The van der Waals surface area contributed by atoms with E-state index in [4.69, 9.17) is 11.6 Å². The summed E-state index contributed by atoms with van der Waals surface area (Å²) in [6.07, 6.45) is 8.93. The molecule has 0 aliphatic carbocycles. The fraction of sp³-hybridized carbons (Fsp3) is 0.421. The van der Waals surface area contributed by atoms with Crippen LogP contribution in [0.25, 0.3) is 0 Å². The highest BCUT2D eigenvalue weighted by Crippen LogP contribution is 2.38. The molecule has 124 valence electrons. The smallest absolute Gasteiger partial charge is 0.251 e. The molecule has 1 aromatic carbocycles. The zero-order chi connectivity index (χ0) is 16.5. The standard InChI is InChI=1S/C19H24ClNOS/c1-2-3-4-5-6-9-18(16-11-13-17(20)14-12-16)23-19-10-7-8-15-21(19)22/h7-8,10-15,18H,2-6,9H2,1H3. The molecular formula is C19H24ClNOS. The number of halogens is 1. The van der Waals surface area contributed by atoms with Crippen LogP contribution in [0.15, 0.2) is 53.7 Å². The van der Waals surface area contributed by atoms with Gasteiger partial charge in [0.25, 0.3) is 5.03 Å². The van der Waals surface area contributed by atoms with Gasteiger partial charge in [-0.2, -0.15) is 4.73 Å². The maximum atomic E-state index is 11.9. The summed E-state index contributed by atoms with van der Waals surface area (Å²) in [5.41, 5.74) is 1.23. The van der Waals surface area contributed by atoms with Crippen molar-refractivity contribution in [3.8, 4) is 0 Å². The summed E-state index contributed by atoms with van der Waals surface area (Å²) in [6.45, 7) is 2.23. The zero-order valence-corrected chi connectivity index (χ0v) is 15.2.